The van der Waals surface area contributed by atoms with Crippen LogP contribution < -0.4 is 4.74 Å². The van der Waals surface area contributed by atoms with Crippen molar-refractivity contribution < 1.29 is 31.5 Å². The molecule has 28 heavy (non-hydrogen) atoms. The normalized spacial score (nSPS) is 10.8. The van der Waals surface area contributed by atoms with Crippen molar-refractivity contribution >= 4 is 11.7 Å². The molecule has 150 valence electrons. The molecule has 0 aliphatic carbocycles. The lowest BCUT2D eigenvalue weighted by Gasteiger charge is -2.12. The van der Waals surface area contributed by atoms with Gasteiger partial charge in [0.15, 0.2) is 23.3 Å². The lowest BCUT2D eigenvalue weighted by molar-refractivity contribution is 0.0720. The van der Waals surface area contributed by atoms with Crippen LogP contribution in [0.3, 0.4) is 0 Å². The first-order valence-electron chi connectivity index (χ1n) is 8.70. The Bertz CT molecular complexity index is 869. The molecule has 0 saturated heterocycles. The Kier molecular flexibility index (Phi) is 7.25. The van der Waals surface area contributed by atoms with E-state index in [4.69, 9.17) is 10.1 Å². The van der Waals surface area contributed by atoms with E-state index in [1.807, 2.05) is 6.92 Å². The molecule has 2 aromatic carbocycles. The molecular formula is C20H18F5NO2. The van der Waals surface area contributed by atoms with Crippen LogP contribution in [0.1, 0.15) is 54.9 Å². The Balaban J connectivity index is 2.28. The lowest BCUT2D eigenvalue weighted by Crippen LogP contribution is -2.18. The van der Waals surface area contributed by atoms with Crippen LogP contribution in [0.15, 0.2) is 24.3 Å². The van der Waals surface area contributed by atoms with Gasteiger partial charge in [0.05, 0.1) is 0 Å². The molecule has 1 N–H and O–H groups in total. The predicted molar refractivity (Wildman–Crippen MR) is 93.2 cm³/mol. The van der Waals surface area contributed by atoms with Crippen molar-refractivity contribution in [3.63, 3.8) is 0 Å². The fraction of sp³-hybridized carbons (Fsp3) is 0.300. The Labute approximate surface area is 158 Å². The predicted octanol–water partition coefficient (Wildman–Crippen LogP) is 5.94. The molecule has 0 atom stereocenters. The highest BCUT2D eigenvalue weighted by Crippen LogP contribution is 2.26. The number of para-hydroxylation sites is 1. The van der Waals surface area contributed by atoms with Crippen LogP contribution >= 0.6 is 0 Å². The summed E-state index contributed by atoms with van der Waals surface area (Å²) in [6.07, 6.45) is 4.04. The van der Waals surface area contributed by atoms with E-state index in [2.05, 4.69) is 0 Å². The average molecular weight is 399 g/mol. The van der Waals surface area contributed by atoms with Crippen molar-refractivity contribution in [3.8, 4) is 5.75 Å². The highest BCUT2D eigenvalue weighted by molar-refractivity contribution is 6.02. The average Bonchev–Trinajstić information content (AvgIpc) is 2.68. The molecule has 0 heterocycles. The highest BCUT2D eigenvalue weighted by atomic mass is 19.2. The molecule has 0 aromatic heterocycles. The third-order valence-electron chi connectivity index (χ3n) is 4.11. The number of hydrogen-bond acceptors (Lipinski definition) is 3. The SMILES string of the molecule is CCCCCCC(=N)c1ccccc1OC(=O)c1c(F)c(F)c(F)c(F)c1F. The summed E-state index contributed by atoms with van der Waals surface area (Å²) in [6, 6.07) is 5.78. The van der Waals surface area contributed by atoms with Gasteiger partial charge >= 0.3 is 5.97 Å². The number of esters is 1. The Morgan fingerprint density at radius 3 is 2.07 bits per heavy atom. The van der Waals surface area contributed by atoms with Gasteiger partial charge in [0, 0.05) is 11.3 Å². The zero-order valence-electron chi connectivity index (χ0n) is 15.1. The molecule has 8 heteroatoms. The number of carbonyl (C=O) groups is 1. The van der Waals surface area contributed by atoms with Crippen LogP contribution in [0.25, 0.3) is 0 Å². The fourth-order valence-corrected chi connectivity index (χ4v) is 2.60. The minimum Gasteiger partial charge on any atom is -0.422 e. The quantitative estimate of drug-likeness (QED) is 0.114. The second-order valence-electron chi connectivity index (χ2n) is 6.12. The van der Waals surface area contributed by atoms with E-state index in [1.54, 1.807) is 6.07 Å². The first kappa shape index (κ1) is 21.5. The number of halogens is 5. The van der Waals surface area contributed by atoms with E-state index >= 15 is 0 Å². The first-order chi connectivity index (χ1) is 13.3. The number of hydrogen-bond donors (Lipinski definition) is 1. The third-order valence-corrected chi connectivity index (χ3v) is 4.11. The zero-order chi connectivity index (χ0) is 20.8. The van der Waals surface area contributed by atoms with Gasteiger partial charge < -0.3 is 10.1 Å². The standard InChI is InChI=1S/C20H18F5NO2/c1-2-3-4-5-9-12(26)11-8-6-7-10-13(11)28-20(27)14-15(21)17(23)19(25)18(24)16(14)22/h6-8,10,26H,2-5,9H2,1H3. The van der Waals surface area contributed by atoms with Gasteiger partial charge in [-0.05, 0) is 25.0 Å². The second kappa shape index (κ2) is 9.43. The van der Waals surface area contributed by atoms with Crippen molar-refractivity contribution in [2.75, 3.05) is 0 Å². The second-order valence-corrected chi connectivity index (χ2v) is 6.12. The van der Waals surface area contributed by atoms with Crippen LogP contribution in [0.4, 0.5) is 22.0 Å². The number of carbonyl (C=O) groups excluding carboxylic acids is 1. The smallest absolute Gasteiger partial charge is 0.349 e. The van der Waals surface area contributed by atoms with Gasteiger partial charge in [-0.15, -0.1) is 0 Å². The van der Waals surface area contributed by atoms with Gasteiger partial charge in [-0.25, -0.2) is 26.7 Å². The number of benzene rings is 2. The van der Waals surface area contributed by atoms with E-state index < -0.39 is 40.6 Å². The molecule has 0 unspecified atom stereocenters. The molecule has 0 bridgehead atoms. The molecule has 3 nitrogen and oxygen atoms in total. The van der Waals surface area contributed by atoms with Crippen molar-refractivity contribution in [1.82, 2.24) is 0 Å². The van der Waals surface area contributed by atoms with Crippen LogP contribution in [0.5, 0.6) is 5.75 Å². The third kappa shape index (κ3) is 4.55. The molecular weight excluding hydrogens is 381 g/mol. The minimum atomic E-state index is -2.36. The summed E-state index contributed by atoms with van der Waals surface area (Å²) in [5, 5.41) is 8.13. The molecule has 0 amide bonds. The Hall–Kier alpha value is -2.77. The summed E-state index contributed by atoms with van der Waals surface area (Å²) >= 11 is 0. The van der Waals surface area contributed by atoms with Crippen LogP contribution in [0, 0.1) is 34.5 Å². The molecule has 0 aliphatic rings. The minimum absolute atomic E-state index is 0.136. The Morgan fingerprint density at radius 2 is 1.46 bits per heavy atom. The monoisotopic (exact) mass is 399 g/mol. The van der Waals surface area contributed by atoms with Crippen LogP contribution in [-0.2, 0) is 0 Å². The van der Waals surface area contributed by atoms with Crippen molar-refractivity contribution in [3.05, 3.63) is 64.5 Å². The summed E-state index contributed by atoms with van der Waals surface area (Å²) in [6.45, 7) is 2.04. The lowest BCUT2D eigenvalue weighted by atomic mass is 10.0. The summed E-state index contributed by atoms with van der Waals surface area (Å²) in [5.41, 5.74) is -1.34. The summed E-state index contributed by atoms with van der Waals surface area (Å²) in [5.74, 6) is -13.3. The largest absolute Gasteiger partial charge is 0.422 e. The van der Waals surface area contributed by atoms with Gasteiger partial charge in [0.1, 0.15) is 11.3 Å². The maximum absolute atomic E-state index is 13.8. The van der Waals surface area contributed by atoms with E-state index in [0.717, 1.165) is 25.7 Å². The van der Waals surface area contributed by atoms with E-state index in [-0.39, 0.29) is 17.0 Å². The Morgan fingerprint density at radius 1 is 0.893 bits per heavy atom. The first-order valence-corrected chi connectivity index (χ1v) is 8.70. The number of ether oxygens (including phenoxy) is 1. The van der Waals surface area contributed by atoms with Gasteiger partial charge in [-0.2, -0.15) is 0 Å². The van der Waals surface area contributed by atoms with Gasteiger partial charge in [-0.3, -0.25) is 0 Å². The number of unbranched alkanes of at least 4 members (excludes halogenated alkanes) is 3. The summed E-state index contributed by atoms with van der Waals surface area (Å²) in [4.78, 5) is 12.1. The number of nitrogens with one attached hydrogen (secondary N) is 1. The van der Waals surface area contributed by atoms with Crippen molar-refractivity contribution in [2.24, 2.45) is 0 Å². The topological polar surface area (TPSA) is 50.1 Å². The molecule has 2 aromatic rings. The molecule has 0 aliphatic heterocycles. The highest BCUT2D eigenvalue weighted by Gasteiger charge is 2.31. The molecule has 0 spiro atoms. The van der Waals surface area contributed by atoms with Gasteiger partial charge in [0.25, 0.3) is 0 Å². The molecule has 0 saturated carbocycles. The van der Waals surface area contributed by atoms with Gasteiger partial charge in [0.2, 0.25) is 5.82 Å². The van der Waals surface area contributed by atoms with E-state index in [1.165, 1.54) is 18.2 Å². The van der Waals surface area contributed by atoms with Crippen molar-refractivity contribution in [1.29, 1.82) is 5.41 Å². The summed E-state index contributed by atoms with van der Waals surface area (Å²) in [7, 11) is 0. The van der Waals surface area contributed by atoms with Crippen LogP contribution in [-0.4, -0.2) is 11.7 Å². The van der Waals surface area contributed by atoms with E-state index in [9.17, 15) is 26.7 Å². The fourth-order valence-electron chi connectivity index (χ4n) is 2.60. The molecule has 2 rings (SSSR count). The zero-order valence-corrected chi connectivity index (χ0v) is 15.1. The number of rotatable bonds is 8. The molecule has 0 radical (unpaired) electrons. The van der Waals surface area contributed by atoms with Crippen LogP contribution in [0.2, 0.25) is 0 Å². The summed E-state index contributed by atoms with van der Waals surface area (Å²) < 4.78 is 72.2. The molecule has 0 fully saturated rings. The maximum atomic E-state index is 13.8. The van der Waals surface area contributed by atoms with Crippen molar-refractivity contribution in [2.45, 2.75) is 39.0 Å². The van der Waals surface area contributed by atoms with Gasteiger partial charge in [-0.1, -0.05) is 38.3 Å². The maximum Gasteiger partial charge on any atom is 0.349 e. The van der Waals surface area contributed by atoms with E-state index in [0.29, 0.717) is 6.42 Å².